The van der Waals surface area contributed by atoms with Gasteiger partial charge in [-0.3, -0.25) is 0 Å². The number of likely N-dealkylation sites (N-methyl/N-ethyl adjacent to an activating group) is 1. The van der Waals surface area contributed by atoms with Crippen LogP contribution < -0.4 is 9.64 Å². The smallest absolute Gasteiger partial charge is 0.182 e. The molecular weight excluding hydrogens is 262 g/mol. The van der Waals surface area contributed by atoms with Gasteiger partial charge in [-0.05, 0) is 55.2 Å². The maximum Gasteiger partial charge on any atom is 0.182 e. The maximum atomic E-state index is 9.87. The minimum Gasteiger partial charge on any atom is -0.508 e. The lowest BCUT2D eigenvalue weighted by Gasteiger charge is -2.40. The molecule has 0 saturated carbocycles. The normalized spacial score (nSPS) is 25.9. The highest BCUT2D eigenvalue weighted by Crippen LogP contribution is 2.51. The van der Waals surface area contributed by atoms with Crippen LogP contribution in [0.4, 0.5) is 5.69 Å². The lowest BCUT2D eigenvalue weighted by atomic mass is 9.75. The Kier molecular flexibility index (Phi) is 2.36. The van der Waals surface area contributed by atoms with Crippen LogP contribution in [-0.2, 0) is 11.8 Å². The maximum absolute atomic E-state index is 9.87. The quantitative estimate of drug-likeness (QED) is 0.803. The van der Waals surface area contributed by atoms with Gasteiger partial charge in [0.05, 0.1) is 5.41 Å². The molecule has 0 aromatic heterocycles. The average molecular weight is 281 g/mol. The number of anilines is 1. The van der Waals surface area contributed by atoms with Gasteiger partial charge in [0.25, 0.3) is 0 Å². The Morgan fingerprint density at radius 1 is 1.29 bits per heavy atom. The Balaban J connectivity index is 1.90. The first kappa shape index (κ1) is 12.6. The topological polar surface area (TPSA) is 32.7 Å². The lowest BCUT2D eigenvalue weighted by molar-refractivity contribution is 0.107. The number of aromatic hydroxyl groups is 1. The predicted octanol–water partition coefficient (Wildman–Crippen LogP) is 3.37. The van der Waals surface area contributed by atoms with Gasteiger partial charge >= 0.3 is 0 Å². The second-order valence-corrected chi connectivity index (χ2v) is 6.44. The van der Waals surface area contributed by atoms with Gasteiger partial charge < -0.3 is 14.7 Å². The first-order valence-corrected chi connectivity index (χ1v) is 7.32. The van der Waals surface area contributed by atoms with E-state index in [0.29, 0.717) is 5.75 Å². The van der Waals surface area contributed by atoms with Crippen molar-refractivity contribution in [2.75, 3.05) is 11.9 Å². The zero-order chi connectivity index (χ0) is 14.8. The summed E-state index contributed by atoms with van der Waals surface area (Å²) in [5.41, 5.74) is 4.56. The monoisotopic (exact) mass is 281 g/mol. The fourth-order valence-electron chi connectivity index (χ4n) is 3.98. The number of ether oxygens (including phenoxy) is 1. The number of phenols is 1. The van der Waals surface area contributed by atoms with E-state index in [2.05, 4.69) is 43.1 Å². The number of hydrogen-bond acceptors (Lipinski definition) is 3. The molecule has 2 aromatic rings. The summed E-state index contributed by atoms with van der Waals surface area (Å²) in [7, 11) is 2.09. The summed E-state index contributed by atoms with van der Waals surface area (Å²) < 4.78 is 6.35. The molecule has 0 saturated heterocycles. The van der Waals surface area contributed by atoms with Crippen molar-refractivity contribution < 1.29 is 9.84 Å². The first-order chi connectivity index (χ1) is 10.0. The van der Waals surface area contributed by atoms with E-state index in [0.717, 1.165) is 23.3 Å². The van der Waals surface area contributed by atoms with Crippen LogP contribution in [0.25, 0.3) is 0 Å². The number of aryl methyl sites for hydroxylation is 1. The van der Waals surface area contributed by atoms with Crippen LogP contribution in [0.1, 0.15) is 23.6 Å². The number of phenolic OH excluding ortho intramolecular Hbond substituents is 1. The van der Waals surface area contributed by atoms with Crippen molar-refractivity contribution >= 4 is 5.69 Å². The Labute approximate surface area is 124 Å². The summed E-state index contributed by atoms with van der Waals surface area (Å²) >= 11 is 0. The fraction of sp³-hybridized carbons (Fsp3) is 0.333. The van der Waals surface area contributed by atoms with E-state index in [9.17, 15) is 5.11 Å². The summed E-state index contributed by atoms with van der Waals surface area (Å²) in [5.74, 6) is 1.24. The minimum atomic E-state index is -0.0847. The van der Waals surface area contributed by atoms with Gasteiger partial charge in [0.15, 0.2) is 6.23 Å². The Morgan fingerprint density at radius 2 is 2.05 bits per heavy atom. The van der Waals surface area contributed by atoms with Gasteiger partial charge in [-0.2, -0.15) is 0 Å². The highest BCUT2D eigenvalue weighted by Gasteiger charge is 2.51. The summed E-state index contributed by atoms with van der Waals surface area (Å²) in [6.07, 6.45) is 0.884. The fourth-order valence-corrected chi connectivity index (χ4v) is 3.98. The van der Waals surface area contributed by atoms with E-state index in [-0.39, 0.29) is 11.6 Å². The molecule has 2 heterocycles. The van der Waals surface area contributed by atoms with Crippen molar-refractivity contribution in [3.63, 3.8) is 0 Å². The minimum absolute atomic E-state index is 0.00522. The molecule has 3 heteroatoms. The van der Waals surface area contributed by atoms with Crippen molar-refractivity contribution in [3.05, 3.63) is 53.1 Å². The molecule has 0 fully saturated rings. The van der Waals surface area contributed by atoms with E-state index in [1.165, 1.54) is 11.3 Å². The molecule has 0 amide bonds. The van der Waals surface area contributed by atoms with E-state index in [1.54, 1.807) is 6.07 Å². The largest absolute Gasteiger partial charge is 0.508 e. The molecule has 0 bridgehead atoms. The third-order valence-corrected chi connectivity index (χ3v) is 4.92. The third kappa shape index (κ3) is 1.54. The summed E-state index contributed by atoms with van der Waals surface area (Å²) in [6, 6.07) is 12.1. The van der Waals surface area contributed by atoms with Crippen LogP contribution >= 0.6 is 0 Å². The van der Waals surface area contributed by atoms with E-state index < -0.39 is 0 Å². The standard InChI is InChI=1S/C18H19NO2/c1-11-8-13(20)9-12-10-18(2)14-6-4-5-7-15(14)19(3)17(18)21-16(11)12/h4-9,17,20H,10H2,1-3H3. The Bertz CT molecular complexity index is 740. The zero-order valence-electron chi connectivity index (χ0n) is 12.6. The van der Waals surface area contributed by atoms with Crippen LogP contribution in [0, 0.1) is 6.92 Å². The molecule has 2 aliphatic heterocycles. The molecule has 0 aliphatic carbocycles. The molecule has 0 spiro atoms. The summed E-state index contributed by atoms with van der Waals surface area (Å²) in [4.78, 5) is 2.23. The van der Waals surface area contributed by atoms with Crippen LogP contribution in [0.2, 0.25) is 0 Å². The summed E-state index contributed by atoms with van der Waals surface area (Å²) in [6.45, 7) is 4.24. The van der Waals surface area contributed by atoms with Crippen LogP contribution in [0.3, 0.4) is 0 Å². The predicted molar refractivity (Wildman–Crippen MR) is 83.2 cm³/mol. The van der Waals surface area contributed by atoms with Gasteiger partial charge in [-0.25, -0.2) is 0 Å². The number of fused-ring (bicyclic) bond motifs is 4. The van der Waals surface area contributed by atoms with Crippen molar-refractivity contribution in [2.24, 2.45) is 0 Å². The van der Waals surface area contributed by atoms with Gasteiger partial charge in [0.1, 0.15) is 11.5 Å². The SMILES string of the molecule is Cc1cc(O)cc2c1OC1N(C)c3ccccc3C1(C)C2. The number of rotatable bonds is 0. The second-order valence-electron chi connectivity index (χ2n) is 6.44. The Hall–Kier alpha value is -2.16. The molecule has 3 nitrogen and oxygen atoms in total. The van der Waals surface area contributed by atoms with Crippen molar-refractivity contribution in [1.29, 1.82) is 0 Å². The van der Waals surface area contributed by atoms with E-state index in [4.69, 9.17) is 4.74 Å². The van der Waals surface area contributed by atoms with Gasteiger partial charge in [-0.1, -0.05) is 18.2 Å². The van der Waals surface area contributed by atoms with Crippen molar-refractivity contribution in [1.82, 2.24) is 0 Å². The number of para-hydroxylation sites is 1. The van der Waals surface area contributed by atoms with Crippen LogP contribution in [0.5, 0.6) is 11.5 Å². The third-order valence-electron chi connectivity index (χ3n) is 4.92. The molecular formula is C18H19NO2. The van der Waals surface area contributed by atoms with E-state index in [1.807, 2.05) is 13.0 Å². The lowest BCUT2D eigenvalue weighted by Crippen LogP contribution is -2.49. The highest BCUT2D eigenvalue weighted by atomic mass is 16.5. The second kappa shape index (κ2) is 3.94. The van der Waals surface area contributed by atoms with Crippen molar-refractivity contribution in [3.8, 4) is 11.5 Å². The van der Waals surface area contributed by atoms with Crippen LogP contribution in [-0.4, -0.2) is 18.4 Å². The molecule has 4 rings (SSSR count). The van der Waals surface area contributed by atoms with Crippen molar-refractivity contribution in [2.45, 2.75) is 31.9 Å². The van der Waals surface area contributed by atoms with Crippen LogP contribution in [0.15, 0.2) is 36.4 Å². The van der Waals surface area contributed by atoms with E-state index >= 15 is 0 Å². The van der Waals surface area contributed by atoms with Gasteiger partial charge in [0, 0.05) is 12.7 Å². The average Bonchev–Trinajstić information content (AvgIpc) is 2.66. The summed E-state index contributed by atoms with van der Waals surface area (Å²) in [5, 5.41) is 9.87. The first-order valence-electron chi connectivity index (χ1n) is 7.32. The highest BCUT2D eigenvalue weighted by molar-refractivity contribution is 5.65. The van der Waals surface area contributed by atoms with Gasteiger partial charge in [0.2, 0.25) is 0 Å². The number of benzene rings is 2. The molecule has 21 heavy (non-hydrogen) atoms. The molecule has 2 aromatic carbocycles. The molecule has 1 N–H and O–H groups in total. The molecule has 2 aliphatic rings. The molecule has 2 atom stereocenters. The zero-order valence-corrected chi connectivity index (χ0v) is 12.6. The number of hydrogen-bond donors (Lipinski definition) is 1. The molecule has 2 unspecified atom stereocenters. The number of nitrogens with zero attached hydrogens (tertiary/aromatic N) is 1. The Morgan fingerprint density at radius 3 is 2.86 bits per heavy atom. The molecule has 108 valence electrons. The van der Waals surface area contributed by atoms with Gasteiger partial charge in [-0.15, -0.1) is 0 Å². The molecule has 0 radical (unpaired) electrons.